The second kappa shape index (κ2) is 15.0. The first kappa shape index (κ1) is 29.7. The van der Waals surface area contributed by atoms with Crippen LogP contribution in [-0.4, -0.2) is 42.3 Å². The summed E-state index contributed by atoms with van der Waals surface area (Å²) >= 11 is 0. The van der Waals surface area contributed by atoms with Crippen LogP contribution >= 0.6 is 0 Å². The van der Waals surface area contributed by atoms with Crippen molar-refractivity contribution in [3.05, 3.63) is 108 Å². The summed E-state index contributed by atoms with van der Waals surface area (Å²) in [6.45, 7) is 0.310. The molecule has 0 saturated heterocycles. The van der Waals surface area contributed by atoms with Crippen LogP contribution in [0.4, 0.5) is 0 Å². The van der Waals surface area contributed by atoms with Gasteiger partial charge in [0.15, 0.2) is 0 Å². The molecule has 0 spiro atoms. The van der Waals surface area contributed by atoms with E-state index in [1.54, 1.807) is 30.3 Å². The highest BCUT2D eigenvalue weighted by atomic mass is 16.6. The SMILES string of the molecule is COC(=O)CCC/C=C\C[C@@H]1[C@@H](C(=O)O)[C@H](OC(=O)c2ccccc2)C[C@@H]1OCc1ccc(-c2ccccc2)cc1. The molecule has 3 aromatic carbocycles. The number of rotatable bonds is 13. The zero-order chi connectivity index (χ0) is 29.0. The summed E-state index contributed by atoms with van der Waals surface area (Å²) in [7, 11) is 1.36. The number of carboxylic acid groups (broad SMARTS) is 1. The molecule has 1 aliphatic carbocycles. The molecule has 4 rings (SSSR count). The van der Waals surface area contributed by atoms with Gasteiger partial charge in [-0.25, -0.2) is 4.79 Å². The Hall–Kier alpha value is -4.23. The third kappa shape index (κ3) is 8.38. The van der Waals surface area contributed by atoms with Crippen LogP contribution in [0.25, 0.3) is 11.1 Å². The molecule has 1 aliphatic rings. The van der Waals surface area contributed by atoms with Crippen LogP contribution in [0.15, 0.2) is 97.1 Å². The normalized spacial score (nSPS) is 20.1. The monoisotopic (exact) mass is 556 g/mol. The van der Waals surface area contributed by atoms with Crippen LogP contribution < -0.4 is 0 Å². The van der Waals surface area contributed by atoms with E-state index in [9.17, 15) is 19.5 Å². The maximum Gasteiger partial charge on any atom is 0.338 e. The van der Waals surface area contributed by atoms with Gasteiger partial charge in [-0.15, -0.1) is 0 Å². The standard InChI is InChI=1S/C34H36O7/c1-39-31(35)17-11-3-2-10-16-28-29(40-23-24-18-20-26(21-19-24)25-12-6-4-7-13-25)22-30(32(28)33(36)37)41-34(38)27-14-8-5-9-15-27/h2,4-10,12-15,18-21,28-30,32H,3,11,16-17,22-23H2,1H3,(H,36,37)/b10-2-/t28-,29-,30+,32+/m0/s1. The molecule has 1 fully saturated rings. The molecular weight excluding hydrogens is 520 g/mol. The maximum atomic E-state index is 12.8. The van der Waals surface area contributed by atoms with E-state index in [0.29, 0.717) is 44.3 Å². The maximum absolute atomic E-state index is 12.8. The van der Waals surface area contributed by atoms with Gasteiger partial charge in [0.2, 0.25) is 0 Å². The van der Waals surface area contributed by atoms with Gasteiger partial charge in [0.25, 0.3) is 0 Å². The Balaban J connectivity index is 1.45. The number of benzene rings is 3. The van der Waals surface area contributed by atoms with E-state index >= 15 is 0 Å². The number of hydrogen-bond donors (Lipinski definition) is 1. The van der Waals surface area contributed by atoms with Crippen molar-refractivity contribution >= 4 is 17.9 Å². The Kier molecular flexibility index (Phi) is 10.9. The highest BCUT2D eigenvalue weighted by Gasteiger charge is 2.49. The van der Waals surface area contributed by atoms with Crippen molar-refractivity contribution in [1.82, 2.24) is 0 Å². The van der Waals surface area contributed by atoms with Gasteiger partial charge in [-0.2, -0.15) is 0 Å². The van der Waals surface area contributed by atoms with Gasteiger partial charge in [-0.05, 0) is 48.1 Å². The van der Waals surface area contributed by atoms with Gasteiger partial charge in [0.1, 0.15) is 6.10 Å². The second-order valence-electron chi connectivity index (χ2n) is 10.2. The van der Waals surface area contributed by atoms with Crippen molar-refractivity contribution in [2.75, 3.05) is 7.11 Å². The minimum atomic E-state index is -1.02. The van der Waals surface area contributed by atoms with Crippen molar-refractivity contribution in [3.8, 4) is 11.1 Å². The number of methoxy groups -OCH3 is 1. The lowest BCUT2D eigenvalue weighted by Crippen LogP contribution is -2.32. The zero-order valence-corrected chi connectivity index (χ0v) is 23.2. The number of ether oxygens (including phenoxy) is 3. The van der Waals surface area contributed by atoms with E-state index in [0.717, 1.165) is 16.7 Å². The van der Waals surface area contributed by atoms with Gasteiger partial charge < -0.3 is 19.3 Å². The van der Waals surface area contributed by atoms with Crippen molar-refractivity contribution < 1.29 is 33.7 Å². The molecule has 0 amide bonds. The quantitative estimate of drug-likeness (QED) is 0.146. The predicted molar refractivity (Wildman–Crippen MR) is 155 cm³/mol. The van der Waals surface area contributed by atoms with Crippen molar-refractivity contribution in [2.24, 2.45) is 11.8 Å². The second-order valence-corrected chi connectivity index (χ2v) is 10.2. The summed E-state index contributed by atoms with van der Waals surface area (Å²) in [5, 5.41) is 10.2. The van der Waals surface area contributed by atoms with E-state index in [1.165, 1.54) is 7.11 Å². The Labute approximate surface area is 240 Å². The molecule has 3 aromatic rings. The number of carboxylic acids is 1. The number of aliphatic carboxylic acids is 1. The summed E-state index contributed by atoms with van der Waals surface area (Å²) in [6, 6.07) is 26.8. The average Bonchev–Trinajstić information content (AvgIpc) is 3.35. The molecule has 4 atom stereocenters. The summed E-state index contributed by atoms with van der Waals surface area (Å²) in [4.78, 5) is 36.6. The Morgan fingerprint density at radius 1 is 0.854 bits per heavy atom. The molecule has 41 heavy (non-hydrogen) atoms. The smallest absolute Gasteiger partial charge is 0.338 e. The van der Waals surface area contributed by atoms with E-state index in [2.05, 4.69) is 16.9 Å². The average molecular weight is 557 g/mol. The summed E-state index contributed by atoms with van der Waals surface area (Å²) in [5.41, 5.74) is 3.57. The number of esters is 2. The van der Waals surface area contributed by atoms with Gasteiger partial charge in [0.05, 0.1) is 31.3 Å². The lowest BCUT2D eigenvalue weighted by atomic mass is 9.90. The van der Waals surface area contributed by atoms with Crippen molar-refractivity contribution in [3.63, 3.8) is 0 Å². The lowest BCUT2D eigenvalue weighted by Gasteiger charge is -2.22. The highest BCUT2D eigenvalue weighted by molar-refractivity contribution is 5.89. The first-order chi connectivity index (χ1) is 20.0. The third-order valence-corrected chi connectivity index (χ3v) is 7.44. The van der Waals surface area contributed by atoms with Crippen LogP contribution in [-0.2, 0) is 30.4 Å². The predicted octanol–water partition coefficient (Wildman–Crippen LogP) is 6.47. The zero-order valence-electron chi connectivity index (χ0n) is 23.2. The van der Waals surface area contributed by atoms with Crippen LogP contribution in [0.5, 0.6) is 0 Å². The molecule has 0 heterocycles. The van der Waals surface area contributed by atoms with Gasteiger partial charge in [-0.3, -0.25) is 9.59 Å². The molecular formula is C34H36O7. The van der Waals surface area contributed by atoms with Gasteiger partial charge >= 0.3 is 17.9 Å². The van der Waals surface area contributed by atoms with E-state index in [4.69, 9.17) is 9.47 Å². The molecule has 0 bridgehead atoms. The van der Waals surface area contributed by atoms with Gasteiger partial charge in [0, 0.05) is 18.8 Å². The minimum absolute atomic E-state index is 0.256. The van der Waals surface area contributed by atoms with Crippen LogP contribution in [0, 0.1) is 11.8 Å². The molecule has 0 radical (unpaired) electrons. The first-order valence-corrected chi connectivity index (χ1v) is 13.9. The van der Waals surface area contributed by atoms with Crippen LogP contribution in [0.1, 0.15) is 48.0 Å². The molecule has 7 heteroatoms. The van der Waals surface area contributed by atoms with E-state index in [1.807, 2.05) is 54.6 Å². The highest BCUT2D eigenvalue weighted by Crippen LogP contribution is 2.40. The summed E-state index contributed by atoms with van der Waals surface area (Å²) < 4.78 is 16.8. The fourth-order valence-electron chi connectivity index (χ4n) is 5.26. The first-order valence-electron chi connectivity index (χ1n) is 13.9. The number of unbranched alkanes of at least 4 members (excludes halogenated alkanes) is 1. The molecule has 7 nitrogen and oxygen atoms in total. The Morgan fingerprint density at radius 2 is 1.51 bits per heavy atom. The number of carbonyl (C=O) groups excluding carboxylic acids is 2. The third-order valence-electron chi connectivity index (χ3n) is 7.44. The molecule has 0 unspecified atom stereocenters. The van der Waals surface area contributed by atoms with Crippen LogP contribution in [0.2, 0.25) is 0 Å². The fraction of sp³-hybridized carbons (Fsp3) is 0.324. The Bertz CT molecular complexity index is 1300. The topological polar surface area (TPSA) is 99.1 Å². The largest absolute Gasteiger partial charge is 0.481 e. The van der Waals surface area contributed by atoms with Crippen molar-refractivity contribution in [1.29, 1.82) is 0 Å². The summed E-state index contributed by atoms with van der Waals surface area (Å²) in [6.07, 6.45) is 5.03. The summed E-state index contributed by atoms with van der Waals surface area (Å²) in [5.74, 6) is -3.11. The number of carbonyl (C=O) groups is 3. The minimum Gasteiger partial charge on any atom is -0.481 e. The lowest BCUT2D eigenvalue weighted by molar-refractivity contribution is -0.147. The van der Waals surface area contributed by atoms with Crippen molar-refractivity contribution in [2.45, 2.75) is 50.9 Å². The van der Waals surface area contributed by atoms with Crippen LogP contribution in [0.3, 0.4) is 0 Å². The molecule has 0 aliphatic heterocycles. The number of hydrogen-bond acceptors (Lipinski definition) is 6. The molecule has 0 aromatic heterocycles. The van der Waals surface area contributed by atoms with Gasteiger partial charge in [-0.1, -0.05) is 84.9 Å². The molecule has 1 saturated carbocycles. The Morgan fingerprint density at radius 3 is 2.17 bits per heavy atom. The fourth-order valence-corrected chi connectivity index (χ4v) is 5.26. The van der Waals surface area contributed by atoms with E-state index < -0.39 is 30.1 Å². The van der Waals surface area contributed by atoms with E-state index in [-0.39, 0.29) is 11.9 Å². The molecule has 1 N–H and O–H groups in total. The molecule has 214 valence electrons. The number of allylic oxidation sites excluding steroid dienone is 2.